The van der Waals surface area contributed by atoms with Gasteiger partial charge in [-0.15, -0.1) is 0 Å². The van der Waals surface area contributed by atoms with E-state index in [0.29, 0.717) is 41.6 Å². The number of rotatable bonds is 12. The highest BCUT2D eigenvalue weighted by Crippen LogP contribution is 2.35. The molecule has 0 saturated heterocycles. The lowest BCUT2D eigenvalue weighted by Gasteiger charge is -2.14. The van der Waals surface area contributed by atoms with Gasteiger partial charge in [-0.1, -0.05) is 25.5 Å². The smallest absolute Gasteiger partial charge is 0.230 e. The minimum absolute atomic E-state index is 0.0909. The van der Waals surface area contributed by atoms with Gasteiger partial charge in [-0.3, -0.25) is 9.59 Å². The van der Waals surface area contributed by atoms with Gasteiger partial charge in [-0.25, -0.2) is 18.7 Å². The molecule has 0 aliphatic heterocycles. The summed E-state index contributed by atoms with van der Waals surface area (Å²) in [6.07, 6.45) is 4.71. The van der Waals surface area contributed by atoms with Crippen LogP contribution in [0.3, 0.4) is 0 Å². The number of methoxy groups -OCH3 is 1. The molecule has 208 valence electrons. The molecule has 0 radical (unpaired) electrons. The van der Waals surface area contributed by atoms with Gasteiger partial charge in [0.2, 0.25) is 17.7 Å². The van der Waals surface area contributed by atoms with Crippen molar-refractivity contribution in [1.82, 2.24) is 9.97 Å². The van der Waals surface area contributed by atoms with Crippen LogP contribution in [0.2, 0.25) is 0 Å². The van der Waals surface area contributed by atoms with E-state index in [0.717, 1.165) is 18.4 Å². The van der Waals surface area contributed by atoms with Crippen LogP contribution in [0.15, 0.2) is 60.9 Å². The zero-order valence-corrected chi connectivity index (χ0v) is 22.3. The molecule has 40 heavy (non-hydrogen) atoms. The quantitative estimate of drug-likeness (QED) is 0.202. The van der Waals surface area contributed by atoms with E-state index in [-0.39, 0.29) is 41.4 Å². The molecule has 0 fully saturated rings. The van der Waals surface area contributed by atoms with Gasteiger partial charge in [-0.2, -0.15) is 0 Å². The number of aromatic nitrogens is 2. The highest BCUT2D eigenvalue weighted by atomic mass is 19.1. The number of nitrogens with one attached hydrogen (secondary N) is 2. The fourth-order valence-electron chi connectivity index (χ4n) is 4.05. The van der Waals surface area contributed by atoms with Crippen LogP contribution in [0.5, 0.6) is 17.4 Å². The maximum Gasteiger partial charge on any atom is 0.230 e. The van der Waals surface area contributed by atoms with E-state index in [9.17, 15) is 18.4 Å². The number of halogens is 2. The Labute approximate surface area is 230 Å². The zero-order valence-electron chi connectivity index (χ0n) is 22.3. The molecular formula is C30H30F2N4O4. The Hall–Kier alpha value is -4.60. The van der Waals surface area contributed by atoms with Gasteiger partial charge < -0.3 is 20.1 Å². The van der Waals surface area contributed by atoms with Gasteiger partial charge >= 0.3 is 0 Å². The summed E-state index contributed by atoms with van der Waals surface area (Å²) in [6.45, 7) is 2.00. The number of benzene rings is 3. The fourth-order valence-corrected chi connectivity index (χ4v) is 4.05. The molecule has 0 aliphatic carbocycles. The van der Waals surface area contributed by atoms with Gasteiger partial charge in [0, 0.05) is 30.7 Å². The molecule has 1 heterocycles. The Bertz CT molecular complexity index is 1500. The summed E-state index contributed by atoms with van der Waals surface area (Å²) in [4.78, 5) is 33.0. The number of amides is 2. The van der Waals surface area contributed by atoms with E-state index in [1.165, 1.54) is 43.8 Å². The number of hydrogen-bond donors (Lipinski definition) is 2. The first-order valence-electron chi connectivity index (χ1n) is 13.0. The van der Waals surface area contributed by atoms with Crippen LogP contribution in [0.1, 0.15) is 44.6 Å². The molecule has 2 N–H and O–H groups in total. The molecule has 0 atom stereocenters. The number of nitrogens with zero attached hydrogens (tertiary/aromatic N) is 2. The van der Waals surface area contributed by atoms with Crippen LogP contribution in [-0.4, -0.2) is 28.9 Å². The van der Waals surface area contributed by atoms with Crippen molar-refractivity contribution in [2.45, 2.75) is 45.4 Å². The number of hydrogen-bond acceptors (Lipinski definition) is 6. The summed E-state index contributed by atoms with van der Waals surface area (Å²) >= 11 is 0. The van der Waals surface area contributed by atoms with Crippen LogP contribution in [-0.2, 0) is 16.0 Å². The minimum atomic E-state index is -0.697. The summed E-state index contributed by atoms with van der Waals surface area (Å²) < 4.78 is 39.2. The number of anilines is 2. The van der Waals surface area contributed by atoms with Crippen LogP contribution in [0.4, 0.5) is 20.2 Å². The first kappa shape index (κ1) is 28.4. The van der Waals surface area contributed by atoms with Gasteiger partial charge in [0.25, 0.3) is 0 Å². The maximum absolute atomic E-state index is 15.0. The molecule has 3 aromatic carbocycles. The topological polar surface area (TPSA) is 102 Å². The average Bonchev–Trinajstić information content (AvgIpc) is 2.94. The number of ether oxygens (including phenoxy) is 2. The fraction of sp³-hybridized carbons (Fsp3) is 0.267. The normalized spacial score (nSPS) is 10.8. The predicted molar refractivity (Wildman–Crippen MR) is 149 cm³/mol. The summed E-state index contributed by atoms with van der Waals surface area (Å²) in [7, 11) is 1.49. The summed E-state index contributed by atoms with van der Waals surface area (Å²) in [5.41, 5.74) is 2.13. The van der Waals surface area contributed by atoms with Crippen molar-refractivity contribution in [3.8, 4) is 17.4 Å². The van der Waals surface area contributed by atoms with Crippen molar-refractivity contribution >= 4 is 34.1 Å². The standard InChI is InChI=1S/C30H30F2N4O4/c1-3-4-7-29(38)36-25-16-22-24(17-27(25)39-2)33-18-34-30(22)40-26-14-13-21(15-23(26)32)35-28(37)8-5-6-19-9-11-20(31)12-10-19/h9-18H,3-8H2,1-2H3,(H,35,37)(H,36,38). The molecule has 0 aliphatic rings. The molecule has 0 unspecified atom stereocenters. The Morgan fingerprint density at radius 1 is 0.875 bits per heavy atom. The highest BCUT2D eigenvalue weighted by Gasteiger charge is 2.16. The zero-order chi connectivity index (χ0) is 28.5. The van der Waals surface area contributed by atoms with E-state index < -0.39 is 5.82 Å². The third kappa shape index (κ3) is 7.49. The number of aryl methyl sites for hydroxylation is 1. The lowest BCUT2D eigenvalue weighted by atomic mass is 10.1. The monoisotopic (exact) mass is 548 g/mol. The molecule has 2 amide bonds. The molecule has 1 aromatic heterocycles. The van der Waals surface area contributed by atoms with E-state index in [2.05, 4.69) is 20.6 Å². The second-order valence-electron chi connectivity index (χ2n) is 9.18. The van der Waals surface area contributed by atoms with Crippen LogP contribution < -0.4 is 20.1 Å². The van der Waals surface area contributed by atoms with Gasteiger partial charge in [0.1, 0.15) is 17.9 Å². The number of fused-ring (bicyclic) bond motifs is 1. The van der Waals surface area contributed by atoms with Crippen molar-refractivity contribution in [3.05, 3.63) is 78.1 Å². The van der Waals surface area contributed by atoms with E-state index in [1.54, 1.807) is 24.3 Å². The molecule has 0 bridgehead atoms. The number of carbonyl (C=O) groups excluding carboxylic acids is 2. The molecule has 8 nitrogen and oxygen atoms in total. The largest absolute Gasteiger partial charge is 0.494 e. The Balaban J connectivity index is 1.44. The van der Waals surface area contributed by atoms with Crippen molar-refractivity contribution in [3.63, 3.8) is 0 Å². The van der Waals surface area contributed by atoms with Gasteiger partial charge in [0.15, 0.2) is 11.6 Å². The SMILES string of the molecule is CCCCC(=O)Nc1cc2c(Oc3ccc(NC(=O)CCCc4ccc(F)cc4)cc3F)ncnc2cc1OC. The first-order valence-corrected chi connectivity index (χ1v) is 13.0. The highest BCUT2D eigenvalue weighted by molar-refractivity contribution is 5.97. The van der Waals surface area contributed by atoms with Crippen molar-refractivity contribution in [1.29, 1.82) is 0 Å². The number of carbonyl (C=O) groups is 2. The van der Waals surface area contributed by atoms with Crippen LogP contribution in [0.25, 0.3) is 10.9 Å². The Morgan fingerprint density at radius 2 is 1.62 bits per heavy atom. The minimum Gasteiger partial charge on any atom is -0.494 e. The third-order valence-electron chi connectivity index (χ3n) is 6.16. The molecule has 0 saturated carbocycles. The molecule has 10 heteroatoms. The lowest BCUT2D eigenvalue weighted by molar-refractivity contribution is -0.117. The van der Waals surface area contributed by atoms with Crippen LogP contribution >= 0.6 is 0 Å². The first-order chi connectivity index (χ1) is 19.4. The summed E-state index contributed by atoms with van der Waals surface area (Å²) in [5, 5.41) is 5.97. The predicted octanol–water partition coefficient (Wildman–Crippen LogP) is 6.80. The molecule has 4 rings (SSSR count). The van der Waals surface area contributed by atoms with Crippen molar-refractivity contribution in [2.24, 2.45) is 0 Å². The Morgan fingerprint density at radius 3 is 2.35 bits per heavy atom. The second-order valence-corrected chi connectivity index (χ2v) is 9.18. The van der Waals surface area contributed by atoms with Crippen LogP contribution in [0, 0.1) is 11.6 Å². The molecule has 4 aromatic rings. The third-order valence-corrected chi connectivity index (χ3v) is 6.16. The number of unbranched alkanes of at least 4 members (excludes halogenated alkanes) is 1. The van der Waals surface area contributed by atoms with Crippen molar-refractivity contribution < 1.29 is 27.8 Å². The average molecular weight is 549 g/mol. The maximum atomic E-state index is 15.0. The lowest BCUT2D eigenvalue weighted by Crippen LogP contribution is -2.12. The van der Waals surface area contributed by atoms with Gasteiger partial charge in [0.05, 0.1) is 23.7 Å². The van der Waals surface area contributed by atoms with E-state index in [4.69, 9.17) is 9.47 Å². The second kappa shape index (κ2) is 13.5. The van der Waals surface area contributed by atoms with Gasteiger partial charge in [-0.05, 0) is 55.2 Å². The van der Waals surface area contributed by atoms with E-state index >= 15 is 0 Å². The van der Waals surface area contributed by atoms with E-state index in [1.807, 2.05) is 6.92 Å². The summed E-state index contributed by atoms with van der Waals surface area (Å²) in [5.74, 6) is -1.01. The molecular weight excluding hydrogens is 518 g/mol. The molecule has 0 spiro atoms. The Kier molecular flexibility index (Phi) is 9.56. The summed E-state index contributed by atoms with van der Waals surface area (Å²) in [6, 6.07) is 13.5. The van der Waals surface area contributed by atoms with Crippen molar-refractivity contribution in [2.75, 3.05) is 17.7 Å².